The summed E-state index contributed by atoms with van der Waals surface area (Å²) in [5.41, 5.74) is 0.571. The topological polar surface area (TPSA) is 98.3 Å². The van der Waals surface area contributed by atoms with Crippen molar-refractivity contribution in [3.8, 4) is 0 Å². The van der Waals surface area contributed by atoms with Crippen LogP contribution in [0.25, 0.3) is 0 Å². The van der Waals surface area contributed by atoms with Crippen molar-refractivity contribution in [1.82, 2.24) is 19.8 Å². The van der Waals surface area contributed by atoms with Crippen molar-refractivity contribution < 1.29 is 13.5 Å². The molecule has 0 aliphatic carbocycles. The highest BCUT2D eigenvalue weighted by atomic mass is 32.2. The van der Waals surface area contributed by atoms with Crippen LogP contribution in [-0.4, -0.2) is 55.3 Å². The largest absolute Gasteiger partial charge is 0.390 e. The third-order valence-corrected chi connectivity index (χ3v) is 4.54. The van der Waals surface area contributed by atoms with Crippen molar-refractivity contribution in [1.29, 1.82) is 0 Å². The summed E-state index contributed by atoms with van der Waals surface area (Å²) in [6.45, 7) is 3.81. The molecule has 0 saturated carbocycles. The van der Waals surface area contributed by atoms with E-state index in [-0.39, 0.29) is 16.6 Å². The number of H-pyrrole nitrogens is 1. The first-order valence-corrected chi connectivity index (χ1v) is 7.58. The molecule has 0 saturated heterocycles. The average molecular weight is 290 g/mol. The molecule has 1 aromatic rings. The highest BCUT2D eigenvalue weighted by Gasteiger charge is 2.25. The quantitative estimate of drug-likeness (QED) is 0.647. The van der Waals surface area contributed by atoms with Gasteiger partial charge in [-0.05, 0) is 40.9 Å². The van der Waals surface area contributed by atoms with Crippen LogP contribution in [0.15, 0.2) is 4.90 Å². The summed E-state index contributed by atoms with van der Waals surface area (Å²) in [6, 6.07) is -0.187. The lowest BCUT2D eigenvalue weighted by Crippen LogP contribution is -2.35. The van der Waals surface area contributed by atoms with Gasteiger partial charge in [0, 0.05) is 6.04 Å². The van der Waals surface area contributed by atoms with Crippen LogP contribution < -0.4 is 4.72 Å². The summed E-state index contributed by atoms with van der Waals surface area (Å²) in [6.07, 6.45) is 0.706. The number of rotatable bonds is 7. The molecule has 0 amide bonds. The summed E-state index contributed by atoms with van der Waals surface area (Å²) in [5.74, 6) is 0. The van der Waals surface area contributed by atoms with Crippen LogP contribution in [0.2, 0.25) is 0 Å². The Hall–Kier alpha value is -0.960. The number of nitrogens with zero attached hydrogens (tertiary/aromatic N) is 2. The molecule has 1 heterocycles. The van der Waals surface area contributed by atoms with Crippen molar-refractivity contribution in [2.45, 2.75) is 37.8 Å². The third kappa shape index (κ3) is 4.27. The van der Waals surface area contributed by atoms with Gasteiger partial charge in [0.25, 0.3) is 0 Å². The molecule has 0 fully saturated rings. The predicted octanol–water partition coefficient (Wildman–Crippen LogP) is -0.171. The molecule has 1 aromatic heterocycles. The Morgan fingerprint density at radius 2 is 2.11 bits per heavy atom. The van der Waals surface area contributed by atoms with E-state index in [2.05, 4.69) is 14.9 Å². The fraction of sp³-hybridized carbons (Fsp3) is 0.727. The van der Waals surface area contributed by atoms with Crippen LogP contribution in [0.3, 0.4) is 0 Å². The molecule has 1 unspecified atom stereocenters. The summed E-state index contributed by atoms with van der Waals surface area (Å²) >= 11 is 0. The second-order valence-corrected chi connectivity index (χ2v) is 6.55. The molecule has 0 bridgehead atoms. The Bertz CT molecular complexity index is 510. The van der Waals surface area contributed by atoms with E-state index in [0.29, 0.717) is 12.1 Å². The first-order valence-electron chi connectivity index (χ1n) is 6.09. The molecule has 0 spiro atoms. The van der Waals surface area contributed by atoms with Crippen molar-refractivity contribution in [2.75, 3.05) is 20.6 Å². The van der Waals surface area contributed by atoms with E-state index in [4.69, 9.17) is 5.11 Å². The number of aryl methyl sites for hydroxylation is 1. The molecule has 0 aliphatic rings. The van der Waals surface area contributed by atoms with Crippen molar-refractivity contribution in [3.63, 3.8) is 0 Å². The molecule has 0 radical (unpaired) electrons. The number of aliphatic hydroxyl groups excluding tert-OH is 1. The minimum Gasteiger partial charge on any atom is -0.390 e. The summed E-state index contributed by atoms with van der Waals surface area (Å²) in [7, 11) is 0.212. The number of aromatic amines is 1. The second-order valence-electron chi connectivity index (χ2n) is 4.90. The van der Waals surface area contributed by atoms with Gasteiger partial charge in [0.2, 0.25) is 10.0 Å². The minimum absolute atomic E-state index is 0.0479. The van der Waals surface area contributed by atoms with Gasteiger partial charge in [0.1, 0.15) is 10.6 Å². The zero-order valence-corrected chi connectivity index (χ0v) is 12.6. The Labute approximate surface area is 114 Å². The summed E-state index contributed by atoms with van der Waals surface area (Å²) in [4.78, 5) is 2.04. The van der Waals surface area contributed by atoms with E-state index < -0.39 is 16.6 Å². The molecule has 7 nitrogen and oxygen atoms in total. The van der Waals surface area contributed by atoms with E-state index in [1.54, 1.807) is 6.92 Å². The van der Waals surface area contributed by atoms with Gasteiger partial charge < -0.3 is 10.0 Å². The Morgan fingerprint density at radius 1 is 1.47 bits per heavy atom. The molecule has 1 rings (SSSR count). The first-order chi connectivity index (χ1) is 8.77. The number of aliphatic hydroxyl groups is 1. The van der Waals surface area contributed by atoms with Gasteiger partial charge in [-0.25, -0.2) is 13.1 Å². The fourth-order valence-corrected chi connectivity index (χ4v) is 3.40. The average Bonchev–Trinajstić information content (AvgIpc) is 2.68. The highest BCUT2D eigenvalue weighted by molar-refractivity contribution is 7.89. The second kappa shape index (κ2) is 6.47. The molecule has 0 aromatic carbocycles. The van der Waals surface area contributed by atoms with Crippen LogP contribution in [0, 0.1) is 6.92 Å². The van der Waals surface area contributed by atoms with Crippen LogP contribution >= 0.6 is 0 Å². The molecule has 3 N–H and O–H groups in total. The Kier molecular flexibility index (Phi) is 5.48. The highest BCUT2D eigenvalue weighted by Crippen LogP contribution is 2.18. The molecule has 110 valence electrons. The van der Waals surface area contributed by atoms with Crippen LogP contribution in [0.5, 0.6) is 0 Å². The zero-order chi connectivity index (χ0) is 14.6. The van der Waals surface area contributed by atoms with E-state index >= 15 is 0 Å². The lowest BCUT2D eigenvalue weighted by molar-refractivity contribution is 0.273. The van der Waals surface area contributed by atoms with Crippen molar-refractivity contribution >= 4 is 10.0 Å². The zero-order valence-electron chi connectivity index (χ0n) is 11.8. The summed E-state index contributed by atoms with van der Waals surface area (Å²) in [5, 5.41) is 15.5. The number of nitrogens with one attached hydrogen (secondary N) is 2. The third-order valence-electron chi connectivity index (χ3n) is 2.75. The number of aromatic nitrogens is 2. The maximum atomic E-state index is 12.3. The van der Waals surface area contributed by atoms with Crippen LogP contribution in [0.1, 0.15) is 24.7 Å². The smallest absolute Gasteiger partial charge is 0.244 e. The number of sulfonamides is 1. The lowest BCUT2D eigenvalue weighted by Gasteiger charge is -2.17. The van der Waals surface area contributed by atoms with Gasteiger partial charge in [-0.1, -0.05) is 0 Å². The Morgan fingerprint density at radius 3 is 2.63 bits per heavy atom. The van der Waals surface area contributed by atoms with Crippen LogP contribution in [0.4, 0.5) is 0 Å². The lowest BCUT2D eigenvalue weighted by atomic mass is 10.2. The molecule has 19 heavy (non-hydrogen) atoms. The Balaban J connectivity index is 2.83. The minimum atomic E-state index is -3.66. The summed E-state index contributed by atoms with van der Waals surface area (Å²) < 4.78 is 27.1. The van der Waals surface area contributed by atoms with Crippen molar-refractivity contribution in [2.24, 2.45) is 0 Å². The first kappa shape index (κ1) is 16.1. The normalized spacial score (nSPS) is 14.0. The number of hydrogen-bond donors (Lipinski definition) is 3. The molecular weight excluding hydrogens is 268 g/mol. The van der Waals surface area contributed by atoms with Gasteiger partial charge >= 0.3 is 0 Å². The van der Waals surface area contributed by atoms with Gasteiger partial charge in [0.15, 0.2) is 0 Å². The van der Waals surface area contributed by atoms with E-state index in [9.17, 15) is 8.42 Å². The van der Waals surface area contributed by atoms with E-state index in [1.165, 1.54) is 0 Å². The fourth-order valence-electron chi connectivity index (χ4n) is 1.77. The maximum absolute atomic E-state index is 12.3. The van der Waals surface area contributed by atoms with E-state index in [0.717, 1.165) is 6.54 Å². The van der Waals surface area contributed by atoms with Gasteiger partial charge in [0.05, 0.1) is 12.3 Å². The SMILES string of the molecule is Cc1[nH]nc(CO)c1S(=O)(=O)NC(C)CCN(C)C. The standard InChI is InChI=1S/C11H22N4O3S/c1-8(5-6-15(3)4)14-19(17,18)11-9(2)12-13-10(11)7-16/h8,14,16H,5-7H2,1-4H3,(H,12,13). The molecule has 1 atom stereocenters. The van der Waals surface area contributed by atoms with Gasteiger partial charge in [-0.3, -0.25) is 5.10 Å². The maximum Gasteiger partial charge on any atom is 0.244 e. The monoisotopic (exact) mass is 290 g/mol. The van der Waals surface area contributed by atoms with Crippen LogP contribution in [-0.2, 0) is 16.6 Å². The molecule has 8 heteroatoms. The molecule has 0 aliphatic heterocycles. The van der Waals surface area contributed by atoms with Gasteiger partial charge in [-0.15, -0.1) is 0 Å². The molecular formula is C11H22N4O3S. The number of hydrogen-bond acceptors (Lipinski definition) is 5. The van der Waals surface area contributed by atoms with E-state index in [1.807, 2.05) is 25.9 Å². The predicted molar refractivity (Wildman–Crippen MR) is 72.2 cm³/mol. The van der Waals surface area contributed by atoms with Crippen molar-refractivity contribution in [3.05, 3.63) is 11.4 Å². The van der Waals surface area contributed by atoms with Gasteiger partial charge in [-0.2, -0.15) is 5.10 Å².